The molecule has 0 bridgehead atoms. The van der Waals surface area contributed by atoms with Gasteiger partial charge < -0.3 is 10.5 Å². The third kappa shape index (κ3) is 2.38. The van der Waals surface area contributed by atoms with Crippen molar-refractivity contribution < 1.29 is 4.74 Å². The fraction of sp³-hybridized carbons (Fsp3) is 0. The summed E-state index contributed by atoms with van der Waals surface area (Å²) in [5.74, 6) is 1.01. The quantitative estimate of drug-likeness (QED) is 0.684. The van der Waals surface area contributed by atoms with Gasteiger partial charge in [-0.2, -0.15) is 0 Å². The van der Waals surface area contributed by atoms with Gasteiger partial charge in [0.15, 0.2) is 5.75 Å². The van der Waals surface area contributed by atoms with Crippen LogP contribution in [0.25, 0.3) is 10.8 Å². The average molecular weight is 305 g/mol. The van der Waals surface area contributed by atoms with Crippen LogP contribution in [0.4, 0.5) is 5.69 Å². The molecule has 0 amide bonds. The molecule has 1 heterocycles. The number of benzene rings is 2. The minimum atomic E-state index is 0.472. The highest BCUT2D eigenvalue weighted by Crippen LogP contribution is 2.37. The van der Waals surface area contributed by atoms with E-state index in [1.54, 1.807) is 36.7 Å². The maximum Gasteiger partial charge on any atom is 0.151 e. The van der Waals surface area contributed by atoms with Crippen LogP contribution in [0.15, 0.2) is 48.8 Å². The van der Waals surface area contributed by atoms with Crippen molar-refractivity contribution in [3.8, 4) is 11.5 Å². The number of halogens is 2. The average Bonchev–Trinajstić information content (AvgIpc) is 2.46. The summed E-state index contributed by atoms with van der Waals surface area (Å²) < 4.78 is 5.77. The first-order chi connectivity index (χ1) is 9.65. The predicted octanol–water partition coefficient (Wildman–Crippen LogP) is 4.92. The number of fused-ring (bicyclic) bond motifs is 1. The van der Waals surface area contributed by atoms with Gasteiger partial charge in [-0.1, -0.05) is 23.2 Å². The van der Waals surface area contributed by atoms with Crippen LogP contribution in [-0.2, 0) is 0 Å². The molecule has 1 aromatic heterocycles. The first-order valence-corrected chi connectivity index (χ1v) is 6.66. The molecule has 0 saturated carbocycles. The molecular weight excluding hydrogens is 295 g/mol. The van der Waals surface area contributed by atoms with Crippen molar-refractivity contribution in [3.05, 3.63) is 58.8 Å². The van der Waals surface area contributed by atoms with E-state index in [0.717, 1.165) is 10.8 Å². The molecule has 100 valence electrons. The van der Waals surface area contributed by atoms with E-state index in [-0.39, 0.29) is 0 Å². The van der Waals surface area contributed by atoms with Crippen LogP contribution >= 0.6 is 23.2 Å². The monoisotopic (exact) mass is 304 g/mol. The van der Waals surface area contributed by atoms with Crippen LogP contribution in [0, 0.1) is 0 Å². The number of anilines is 1. The minimum absolute atomic E-state index is 0.472. The van der Waals surface area contributed by atoms with Gasteiger partial charge in [0.25, 0.3) is 0 Å². The molecule has 0 radical (unpaired) electrons. The van der Waals surface area contributed by atoms with Crippen LogP contribution in [0.2, 0.25) is 10.0 Å². The third-order valence-corrected chi connectivity index (χ3v) is 3.48. The Labute approximate surface area is 125 Å². The largest absolute Gasteiger partial charge is 0.454 e. The number of aromatic nitrogens is 1. The van der Waals surface area contributed by atoms with E-state index in [2.05, 4.69) is 4.98 Å². The molecule has 0 atom stereocenters. The van der Waals surface area contributed by atoms with Gasteiger partial charge >= 0.3 is 0 Å². The molecule has 0 fully saturated rings. The van der Waals surface area contributed by atoms with Crippen LogP contribution in [0.3, 0.4) is 0 Å². The SMILES string of the molecule is Nc1c(Oc2cc(Cl)ccc2Cl)ccc2cnccc12. The number of ether oxygens (including phenoxy) is 1. The standard InChI is InChI=1S/C15H10Cl2N2O/c16-10-2-3-12(17)14(7-10)20-13-4-1-9-8-19-6-5-11(9)15(13)18/h1-8H,18H2. The predicted molar refractivity (Wildman–Crippen MR) is 82.7 cm³/mol. The van der Waals surface area contributed by atoms with Crippen molar-refractivity contribution in [2.24, 2.45) is 0 Å². The third-order valence-electron chi connectivity index (χ3n) is 2.93. The Morgan fingerprint density at radius 1 is 1.00 bits per heavy atom. The van der Waals surface area contributed by atoms with Gasteiger partial charge in [0, 0.05) is 34.3 Å². The van der Waals surface area contributed by atoms with Gasteiger partial charge in [-0.3, -0.25) is 4.98 Å². The van der Waals surface area contributed by atoms with Crippen LogP contribution < -0.4 is 10.5 Å². The van der Waals surface area contributed by atoms with Crippen LogP contribution in [0.5, 0.6) is 11.5 Å². The van der Waals surface area contributed by atoms with E-state index in [9.17, 15) is 0 Å². The molecule has 20 heavy (non-hydrogen) atoms. The smallest absolute Gasteiger partial charge is 0.151 e. The molecule has 2 aromatic carbocycles. The highest BCUT2D eigenvalue weighted by Gasteiger charge is 2.09. The van der Waals surface area contributed by atoms with E-state index in [1.807, 2.05) is 12.1 Å². The van der Waals surface area contributed by atoms with Crippen LogP contribution in [0.1, 0.15) is 0 Å². The van der Waals surface area contributed by atoms with Gasteiger partial charge in [-0.25, -0.2) is 0 Å². The highest BCUT2D eigenvalue weighted by molar-refractivity contribution is 6.34. The first kappa shape index (κ1) is 13.0. The number of nitrogens with zero attached hydrogens (tertiary/aromatic N) is 1. The highest BCUT2D eigenvalue weighted by atomic mass is 35.5. The Morgan fingerprint density at radius 3 is 2.70 bits per heavy atom. The van der Waals surface area contributed by atoms with Gasteiger partial charge in [-0.05, 0) is 30.3 Å². The summed E-state index contributed by atoms with van der Waals surface area (Å²) in [6.45, 7) is 0. The van der Waals surface area contributed by atoms with Gasteiger partial charge in [-0.15, -0.1) is 0 Å². The van der Waals surface area contributed by atoms with Crippen molar-refractivity contribution in [1.29, 1.82) is 0 Å². The molecule has 0 aliphatic heterocycles. The lowest BCUT2D eigenvalue weighted by Gasteiger charge is -2.12. The second-order valence-corrected chi connectivity index (χ2v) is 5.09. The summed E-state index contributed by atoms with van der Waals surface area (Å²) in [4.78, 5) is 4.06. The molecule has 3 nitrogen and oxygen atoms in total. The van der Waals surface area contributed by atoms with Crippen molar-refractivity contribution in [1.82, 2.24) is 4.98 Å². The molecule has 3 rings (SSSR count). The van der Waals surface area contributed by atoms with Crippen LogP contribution in [-0.4, -0.2) is 4.98 Å². The summed E-state index contributed by atoms with van der Waals surface area (Å²) in [6.07, 6.45) is 3.44. The van der Waals surface area contributed by atoms with Gasteiger partial charge in [0.2, 0.25) is 0 Å². The van der Waals surface area contributed by atoms with Gasteiger partial charge in [0.1, 0.15) is 5.75 Å². The first-order valence-electron chi connectivity index (χ1n) is 5.90. The fourth-order valence-corrected chi connectivity index (χ4v) is 2.25. The van der Waals surface area contributed by atoms with Crippen molar-refractivity contribution in [2.75, 3.05) is 5.73 Å². The van der Waals surface area contributed by atoms with E-state index < -0.39 is 0 Å². The molecular formula is C15H10Cl2N2O. The van der Waals surface area contributed by atoms with Crippen molar-refractivity contribution in [2.45, 2.75) is 0 Å². The number of rotatable bonds is 2. The number of pyridine rings is 1. The second-order valence-electron chi connectivity index (χ2n) is 4.25. The topological polar surface area (TPSA) is 48.1 Å². The second kappa shape index (κ2) is 5.19. The lowest BCUT2D eigenvalue weighted by atomic mass is 10.1. The Kier molecular flexibility index (Phi) is 3.38. The minimum Gasteiger partial charge on any atom is -0.454 e. The Balaban J connectivity index is 2.07. The summed E-state index contributed by atoms with van der Waals surface area (Å²) in [5.41, 5.74) is 6.67. The summed E-state index contributed by atoms with van der Waals surface area (Å²) in [7, 11) is 0. The van der Waals surface area contributed by atoms with E-state index in [1.165, 1.54) is 0 Å². The zero-order valence-electron chi connectivity index (χ0n) is 10.3. The summed E-state index contributed by atoms with van der Waals surface area (Å²) in [6, 6.07) is 10.6. The number of nitrogen functional groups attached to an aromatic ring is 1. The zero-order valence-corrected chi connectivity index (χ0v) is 11.8. The Bertz CT molecular complexity index is 790. The van der Waals surface area contributed by atoms with E-state index in [0.29, 0.717) is 27.2 Å². The molecule has 0 aliphatic carbocycles. The lowest BCUT2D eigenvalue weighted by Crippen LogP contribution is -1.94. The van der Waals surface area contributed by atoms with Crippen molar-refractivity contribution in [3.63, 3.8) is 0 Å². The van der Waals surface area contributed by atoms with Gasteiger partial charge in [0.05, 0.1) is 10.7 Å². The lowest BCUT2D eigenvalue weighted by molar-refractivity contribution is 0.486. The molecule has 0 aliphatic rings. The number of hydrogen-bond acceptors (Lipinski definition) is 3. The summed E-state index contributed by atoms with van der Waals surface area (Å²) in [5, 5.41) is 2.86. The van der Waals surface area contributed by atoms with E-state index >= 15 is 0 Å². The maximum atomic E-state index is 6.13. The van der Waals surface area contributed by atoms with E-state index in [4.69, 9.17) is 33.7 Å². The number of nitrogens with two attached hydrogens (primary N) is 1. The fourth-order valence-electron chi connectivity index (χ4n) is 1.94. The van der Waals surface area contributed by atoms with Crippen molar-refractivity contribution >= 4 is 39.7 Å². The molecule has 0 unspecified atom stereocenters. The molecule has 5 heteroatoms. The molecule has 0 saturated heterocycles. The molecule has 3 aromatic rings. The zero-order chi connectivity index (χ0) is 14.1. The normalized spacial score (nSPS) is 10.7. The molecule has 0 spiro atoms. The summed E-state index contributed by atoms with van der Waals surface area (Å²) >= 11 is 12.0. The number of hydrogen-bond donors (Lipinski definition) is 1. The molecule has 2 N–H and O–H groups in total. The maximum absolute atomic E-state index is 6.13. The Hall–Kier alpha value is -1.97. The Morgan fingerprint density at radius 2 is 1.85 bits per heavy atom.